The van der Waals surface area contributed by atoms with Crippen LogP contribution in [-0.4, -0.2) is 42.1 Å². The fraction of sp³-hybridized carbons (Fsp3) is 0.714. The van der Waals surface area contributed by atoms with Gasteiger partial charge in [-0.05, 0) is 45.2 Å². The van der Waals surface area contributed by atoms with Gasteiger partial charge in [0, 0.05) is 18.7 Å². The smallest absolute Gasteiger partial charge is 0.227 e. The van der Waals surface area contributed by atoms with Crippen molar-refractivity contribution in [3.8, 4) is 0 Å². The highest BCUT2D eigenvalue weighted by Crippen LogP contribution is 2.27. The Bertz CT molecular complexity index is 469. The van der Waals surface area contributed by atoms with Gasteiger partial charge < -0.3 is 14.7 Å². The number of carbonyl (C=O) groups is 1. The lowest BCUT2D eigenvalue weighted by atomic mass is 9.88. The molecule has 6 heteroatoms. The normalized spacial score (nSPS) is 25.2. The Balaban J connectivity index is 0.00000147. The maximum absolute atomic E-state index is 12.4. The lowest BCUT2D eigenvalue weighted by molar-refractivity contribution is -0.132. The predicted octanol–water partition coefficient (Wildman–Crippen LogP) is 1.32. The number of nitrogens with zero attached hydrogens (tertiary/aromatic N) is 2. The zero-order valence-corrected chi connectivity index (χ0v) is 12.8. The van der Waals surface area contributed by atoms with E-state index < -0.39 is 0 Å². The maximum atomic E-state index is 12.4. The van der Waals surface area contributed by atoms with E-state index in [9.17, 15) is 4.79 Å². The molecule has 1 aromatic heterocycles. The van der Waals surface area contributed by atoms with Crippen molar-refractivity contribution in [3.05, 3.63) is 17.0 Å². The minimum absolute atomic E-state index is 0. The lowest BCUT2D eigenvalue weighted by Crippen LogP contribution is -2.44. The topological polar surface area (TPSA) is 58.4 Å². The van der Waals surface area contributed by atoms with Gasteiger partial charge in [0.25, 0.3) is 0 Å². The summed E-state index contributed by atoms with van der Waals surface area (Å²) in [6.45, 7) is 7.74. The summed E-state index contributed by atoms with van der Waals surface area (Å²) < 4.78 is 5.12. The van der Waals surface area contributed by atoms with E-state index in [1.165, 1.54) is 0 Å². The molecule has 2 fully saturated rings. The molecule has 3 rings (SSSR count). The van der Waals surface area contributed by atoms with Crippen molar-refractivity contribution in [1.29, 1.82) is 0 Å². The van der Waals surface area contributed by atoms with Crippen molar-refractivity contribution in [2.24, 2.45) is 11.8 Å². The highest BCUT2D eigenvalue weighted by molar-refractivity contribution is 5.85. The van der Waals surface area contributed by atoms with Gasteiger partial charge in [-0.1, -0.05) is 5.16 Å². The third-order valence-electron chi connectivity index (χ3n) is 4.57. The van der Waals surface area contributed by atoms with Crippen molar-refractivity contribution in [3.63, 3.8) is 0 Å². The zero-order chi connectivity index (χ0) is 13.4. The molecule has 1 aromatic rings. The van der Waals surface area contributed by atoms with Crippen molar-refractivity contribution >= 4 is 18.3 Å². The van der Waals surface area contributed by atoms with E-state index in [-0.39, 0.29) is 18.3 Å². The number of aryl methyl sites for hydroxylation is 2. The van der Waals surface area contributed by atoms with E-state index in [1.54, 1.807) is 0 Å². The highest BCUT2D eigenvalue weighted by Gasteiger charge is 2.34. The minimum Gasteiger partial charge on any atom is -0.361 e. The van der Waals surface area contributed by atoms with Crippen LogP contribution in [0.5, 0.6) is 0 Å². The van der Waals surface area contributed by atoms with Gasteiger partial charge in [0.05, 0.1) is 12.1 Å². The Kier molecular flexibility index (Phi) is 4.70. The van der Waals surface area contributed by atoms with Crippen LogP contribution in [0.4, 0.5) is 0 Å². The van der Waals surface area contributed by atoms with Gasteiger partial charge in [-0.3, -0.25) is 4.79 Å². The average Bonchev–Trinajstić information content (AvgIpc) is 2.99. The summed E-state index contributed by atoms with van der Waals surface area (Å²) in [7, 11) is 0. The summed E-state index contributed by atoms with van der Waals surface area (Å²) in [4.78, 5) is 14.4. The molecule has 3 heterocycles. The molecule has 2 atom stereocenters. The summed E-state index contributed by atoms with van der Waals surface area (Å²) in [5, 5.41) is 7.34. The molecule has 1 amide bonds. The fourth-order valence-corrected chi connectivity index (χ4v) is 3.28. The third kappa shape index (κ3) is 2.83. The van der Waals surface area contributed by atoms with E-state index in [4.69, 9.17) is 4.52 Å². The van der Waals surface area contributed by atoms with Crippen LogP contribution in [0, 0.1) is 25.7 Å². The number of likely N-dealkylation sites (tertiary alicyclic amines) is 1. The van der Waals surface area contributed by atoms with Crippen LogP contribution in [-0.2, 0) is 11.2 Å². The number of aromatic nitrogens is 1. The molecule has 0 saturated carbocycles. The largest absolute Gasteiger partial charge is 0.361 e. The van der Waals surface area contributed by atoms with E-state index in [0.29, 0.717) is 12.3 Å². The maximum Gasteiger partial charge on any atom is 0.227 e. The monoisotopic (exact) mass is 299 g/mol. The molecule has 0 spiro atoms. The molecule has 2 saturated heterocycles. The van der Waals surface area contributed by atoms with E-state index in [1.807, 2.05) is 18.7 Å². The molecule has 20 heavy (non-hydrogen) atoms. The summed E-state index contributed by atoms with van der Waals surface area (Å²) in [6, 6.07) is 0. The van der Waals surface area contributed by atoms with Crippen LogP contribution in [0.25, 0.3) is 0 Å². The van der Waals surface area contributed by atoms with Gasteiger partial charge >= 0.3 is 0 Å². The molecule has 0 bridgehead atoms. The summed E-state index contributed by atoms with van der Waals surface area (Å²) in [5.74, 6) is 2.38. The molecular formula is C14H22ClN3O2. The Morgan fingerprint density at radius 2 is 2.15 bits per heavy atom. The van der Waals surface area contributed by atoms with Crippen molar-refractivity contribution < 1.29 is 9.32 Å². The quantitative estimate of drug-likeness (QED) is 0.895. The van der Waals surface area contributed by atoms with Gasteiger partial charge in [0.15, 0.2) is 0 Å². The Morgan fingerprint density at radius 3 is 2.85 bits per heavy atom. The number of amides is 1. The van der Waals surface area contributed by atoms with E-state index >= 15 is 0 Å². The van der Waals surface area contributed by atoms with Gasteiger partial charge in [0.2, 0.25) is 5.91 Å². The molecule has 5 nitrogen and oxygen atoms in total. The van der Waals surface area contributed by atoms with Crippen LogP contribution in [0.1, 0.15) is 23.4 Å². The van der Waals surface area contributed by atoms with Crippen LogP contribution in [0.3, 0.4) is 0 Å². The van der Waals surface area contributed by atoms with Crippen molar-refractivity contribution in [2.75, 3.05) is 26.2 Å². The molecule has 0 radical (unpaired) electrons. The lowest BCUT2D eigenvalue weighted by Gasteiger charge is -2.34. The Hall–Kier alpha value is -1.07. The number of halogens is 1. The molecule has 1 N–H and O–H groups in total. The number of piperidine rings is 1. The highest BCUT2D eigenvalue weighted by atomic mass is 35.5. The van der Waals surface area contributed by atoms with Gasteiger partial charge in [-0.25, -0.2) is 0 Å². The molecule has 0 aromatic carbocycles. The second kappa shape index (κ2) is 6.14. The second-order valence-electron chi connectivity index (χ2n) is 5.79. The van der Waals surface area contributed by atoms with Gasteiger partial charge in [0.1, 0.15) is 5.76 Å². The van der Waals surface area contributed by atoms with Gasteiger partial charge in [-0.15, -0.1) is 12.4 Å². The van der Waals surface area contributed by atoms with Crippen LogP contribution in [0.2, 0.25) is 0 Å². The molecule has 2 aliphatic heterocycles. The van der Waals surface area contributed by atoms with Crippen LogP contribution in [0.15, 0.2) is 4.52 Å². The Morgan fingerprint density at radius 1 is 1.40 bits per heavy atom. The molecule has 0 aliphatic carbocycles. The number of hydrogen-bond acceptors (Lipinski definition) is 4. The first-order valence-electron chi connectivity index (χ1n) is 7.05. The molecule has 2 aliphatic rings. The fourth-order valence-electron chi connectivity index (χ4n) is 3.28. The molecule has 112 valence electrons. The van der Waals surface area contributed by atoms with Crippen molar-refractivity contribution in [2.45, 2.75) is 26.7 Å². The summed E-state index contributed by atoms with van der Waals surface area (Å²) >= 11 is 0. The van der Waals surface area contributed by atoms with E-state index in [2.05, 4.69) is 10.5 Å². The SMILES string of the molecule is Cc1noc(C)c1CC(=O)N1CCC2CNCC2C1.Cl. The van der Waals surface area contributed by atoms with Crippen LogP contribution >= 0.6 is 12.4 Å². The summed E-state index contributed by atoms with van der Waals surface area (Å²) in [6.07, 6.45) is 1.55. The number of carbonyl (C=O) groups excluding carboxylic acids is 1. The number of rotatable bonds is 2. The number of fused-ring (bicyclic) bond motifs is 1. The first-order chi connectivity index (χ1) is 9.15. The summed E-state index contributed by atoms with van der Waals surface area (Å²) in [5.41, 5.74) is 1.79. The number of hydrogen-bond donors (Lipinski definition) is 1. The molecule has 2 unspecified atom stereocenters. The predicted molar refractivity (Wildman–Crippen MR) is 78.0 cm³/mol. The third-order valence-corrected chi connectivity index (χ3v) is 4.57. The van der Waals surface area contributed by atoms with Crippen molar-refractivity contribution in [1.82, 2.24) is 15.4 Å². The first-order valence-corrected chi connectivity index (χ1v) is 7.05. The zero-order valence-electron chi connectivity index (χ0n) is 12.0. The minimum atomic E-state index is 0. The number of nitrogens with one attached hydrogen (secondary N) is 1. The van der Waals surface area contributed by atoms with E-state index in [0.717, 1.165) is 55.5 Å². The van der Waals surface area contributed by atoms with Crippen LogP contribution < -0.4 is 5.32 Å². The first kappa shape index (κ1) is 15.3. The average molecular weight is 300 g/mol. The molecular weight excluding hydrogens is 278 g/mol. The standard InChI is InChI=1S/C14H21N3O2.ClH/c1-9-13(10(2)19-16-9)5-14(18)17-4-3-11-6-15-7-12(11)8-17;/h11-12,15H,3-8H2,1-2H3;1H. The van der Waals surface area contributed by atoms with Gasteiger partial charge in [-0.2, -0.15) is 0 Å². The Labute approximate surface area is 125 Å². The second-order valence-corrected chi connectivity index (χ2v) is 5.79.